The first-order valence-electron chi connectivity index (χ1n) is 7.68. The number of hydrogen-bond acceptors (Lipinski definition) is 6. The smallest absolute Gasteiger partial charge is 0.388 e. The first-order valence-corrected chi connectivity index (χ1v) is 8.49. The van der Waals surface area contributed by atoms with Crippen LogP contribution in [0.4, 0.5) is 13.9 Å². The number of nitrogens with one attached hydrogen (secondary N) is 1. The summed E-state index contributed by atoms with van der Waals surface area (Å²) in [6.45, 7) is -0.395. The van der Waals surface area contributed by atoms with Crippen LogP contribution in [-0.4, -0.2) is 20.7 Å². The van der Waals surface area contributed by atoms with E-state index in [1.165, 1.54) is 42.5 Å². The maximum absolute atomic E-state index is 13.2. The number of amides is 1. The van der Waals surface area contributed by atoms with E-state index >= 15 is 0 Å². The van der Waals surface area contributed by atoms with Crippen molar-refractivity contribution < 1.29 is 18.0 Å². The van der Waals surface area contributed by atoms with Crippen LogP contribution >= 0.6 is 11.3 Å². The van der Waals surface area contributed by atoms with Gasteiger partial charge in [0.2, 0.25) is 11.8 Å². The Bertz CT molecular complexity index is 1200. The third-order valence-electron chi connectivity index (χ3n) is 3.59. The van der Waals surface area contributed by atoms with Crippen LogP contribution in [0.2, 0.25) is 0 Å². The number of hydrogen-bond donors (Lipinski definition) is 1. The van der Waals surface area contributed by atoms with Crippen LogP contribution in [0, 0.1) is 11.6 Å². The van der Waals surface area contributed by atoms with Crippen LogP contribution in [0.1, 0.15) is 0 Å². The Hall–Kier alpha value is -3.40. The highest BCUT2D eigenvalue weighted by molar-refractivity contribution is 7.22. The summed E-state index contributed by atoms with van der Waals surface area (Å²) < 4.78 is 32.6. The zero-order valence-electron chi connectivity index (χ0n) is 13.5. The minimum atomic E-state index is -0.823. The Morgan fingerprint density at radius 1 is 1.15 bits per heavy atom. The minimum Gasteiger partial charge on any atom is -0.388 e. The molecule has 0 aliphatic carbocycles. The highest BCUT2D eigenvalue weighted by atomic mass is 32.1. The number of anilines is 1. The summed E-state index contributed by atoms with van der Waals surface area (Å²) in [5, 5.41) is 6.75. The third-order valence-corrected chi connectivity index (χ3v) is 4.52. The Kier molecular flexibility index (Phi) is 4.24. The molecule has 0 bridgehead atoms. The number of aromatic nitrogens is 3. The zero-order chi connectivity index (χ0) is 19.0. The minimum absolute atomic E-state index is 0.0248. The van der Waals surface area contributed by atoms with Crippen molar-refractivity contribution in [2.45, 2.75) is 6.54 Å². The Morgan fingerprint density at radius 3 is 2.67 bits per heavy atom. The molecule has 136 valence electrons. The van der Waals surface area contributed by atoms with Crippen LogP contribution in [0.3, 0.4) is 0 Å². The molecule has 0 atom stereocenters. The second kappa shape index (κ2) is 6.72. The molecule has 0 spiro atoms. The summed E-state index contributed by atoms with van der Waals surface area (Å²) in [7, 11) is 0. The van der Waals surface area contributed by atoms with Crippen molar-refractivity contribution in [1.29, 1.82) is 0 Å². The molecule has 0 fully saturated rings. The number of halogens is 2. The maximum atomic E-state index is 13.2. The molecule has 2 aromatic carbocycles. The number of thiazole rings is 1. The Balaban J connectivity index is 1.50. The number of nitrogens with zero attached hydrogens (tertiary/aromatic N) is 3. The van der Waals surface area contributed by atoms with Crippen molar-refractivity contribution in [3.05, 3.63) is 64.6 Å². The molecule has 4 aromatic rings. The molecule has 2 aromatic heterocycles. The van der Waals surface area contributed by atoms with Crippen molar-refractivity contribution in [2.75, 3.05) is 5.32 Å². The summed E-state index contributed by atoms with van der Waals surface area (Å²) in [5.74, 6) is -2.23. The van der Waals surface area contributed by atoms with E-state index in [-0.39, 0.29) is 11.0 Å². The van der Waals surface area contributed by atoms with Crippen LogP contribution in [0.15, 0.2) is 51.7 Å². The molecule has 0 radical (unpaired) electrons. The van der Waals surface area contributed by atoms with Gasteiger partial charge in [-0.3, -0.25) is 4.79 Å². The van der Waals surface area contributed by atoms with Crippen LogP contribution in [0.5, 0.6) is 0 Å². The molecule has 4 rings (SSSR count). The van der Waals surface area contributed by atoms with Gasteiger partial charge >= 0.3 is 5.76 Å². The van der Waals surface area contributed by atoms with Crippen molar-refractivity contribution >= 4 is 32.6 Å². The van der Waals surface area contributed by atoms with Crippen molar-refractivity contribution in [3.8, 4) is 11.5 Å². The molecule has 0 aliphatic heterocycles. The average Bonchev–Trinajstić information content (AvgIpc) is 3.18. The molecule has 0 aliphatic rings. The number of carbonyl (C=O) groups is 1. The molecular formula is C17H10F2N4O3S. The molecule has 2 heterocycles. The van der Waals surface area contributed by atoms with Crippen molar-refractivity contribution in [1.82, 2.24) is 14.8 Å². The summed E-state index contributed by atoms with van der Waals surface area (Å²) in [4.78, 5) is 28.2. The maximum Gasteiger partial charge on any atom is 0.437 e. The van der Waals surface area contributed by atoms with Crippen molar-refractivity contribution in [3.63, 3.8) is 0 Å². The van der Waals surface area contributed by atoms with E-state index < -0.39 is 29.8 Å². The summed E-state index contributed by atoms with van der Waals surface area (Å²) >= 11 is 1.11. The Morgan fingerprint density at radius 2 is 1.89 bits per heavy atom. The van der Waals surface area contributed by atoms with E-state index in [1.807, 2.05) is 0 Å². The van der Waals surface area contributed by atoms with Gasteiger partial charge in [-0.25, -0.2) is 18.6 Å². The van der Waals surface area contributed by atoms with E-state index in [2.05, 4.69) is 15.4 Å². The molecule has 0 saturated heterocycles. The van der Waals surface area contributed by atoms with Crippen LogP contribution < -0.4 is 11.1 Å². The monoisotopic (exact) mass is 388 g/mol. The largest absolute Gasteiger partial charge is 0.437 e. The van der Waals surface area contributed by atoms with Crippen molar-refractivity contribution in [2.24, 2.45) is 0 Å². The molecule has 1 N–H and O–H groups in total. The van der Waals surface area contributed by atoms with Gasteiger partial charge in [0.25, 0.3) is 0 Å². The predicted octanol–water partition coefficient (Wildman–Crippen LogP) is 3.03. The fourth-order valence-electron chi connectivity index (χ4n) is 2.36. The molecule has 7 nitrogen and oxygen atoms in total. The first kappa shape index (κ1) is 17.0. The molecule has 0 saturated carbocycles. The van der Waals surface area contributed by atoms with Gasteiger partial charge < -0.3 is 9.73 Å². The predicted molar refractivity (Wildman–Crippen MR) is 94.4 cm³/mol. The SMILES string of the molecule is O=C(Cn1nc(-c2ccc(F)cc2)oc1=O)Nc1nc2ccc(F)cc2s1. The fourth-order valence-corrected chi connectivity index (χ4v) is 3.27. The molecule has 1 amide bonds. The van der Waals surface area contributed by atoms with Gasteiger partial charge in [0.05, 0.1) is 10.2 Å². The quantitative estimate of drug-likeness (QED) is 0.580. The number of carbonyl (C=O) groups excluding carboxylic acids is 1. The topological polar surface area (TPSA) is 90.0 Å². The summed E-state index contributed by atoms with van der Waals surface area (Å²) in [6, 6.07) is 9.33. The van der Waals surface area contributed by atoms with E-state index in [1.54, 1.807) is 0 Å². The molecule has 27 heavy (non-hydrogen) atoms. The van der Waals surface area contributed by atoms with Gasteiger partial charge in [0, 0.05) is 5.56 Å². The number of rotatable bonds is 4. The van der Waals surface area contributed by atoms with Gasteiger partial charge in [-0.15, -0.1) is 5.10 Å². The molecule has 10 heteroatoms. The molecule has 0 unspecified atom stereocenters. The second-order valence-corrected chi connectivity index (χ2v) is 6.55. The fraction of sp³-hybridized carbons (Fsp3) is 0.0588. The Labute approximate surface area is 153 Å². The van der Waals surface area contributed by atoms with E-state index in [4.69, 9.17) is 4.42 Å². The normalized spacial score (nSPS) is 11.0. The van der Waals surface area contributed by atoms with Gasteiger partial charge in [0.1, 0.15) is 18.2 Å². The first-order chi connectivity index (χ1) is 13.0. The number of benzene rings is 2. The van der Waals surface area contributed by atoms with E-state index in [9.17, 15) is 18.4 Å². The van der Waals surface area contributed by atoms with Gasteiger partial charge in [-0.05, 0) is 42.5 Å². The van der Waals surface area contributed by atoms with Gasteiger partial charge in [-0.2, -0.15) is 4.68 Å². The van der Waals surface area contributed by atoms with E-state index in [0.717, 1.165) is 16.0 Å². The lowest BCUT2D eigenvalue weighted by Crippen LogP contribution is -2.25. The highest BCUT2D eigenvalue weighted by Crippen LogP contribution is 2.26. The lowest BCUT2D eigenvalue weighted by Gasteiger charge is -1.99. The van der Waals surface area contributed by atoms with Gasteiger partial charge in [-0.1, -0.05) is 11.3 Å². The lowest BCUT2D eigenvalue weighted by atomic mass is 10.2. The third kappa shape index (κ3) is 3.60. The average molecular weight is 388 g/mol. The van der Waals surface area contributed by atoms with Crippen LogP contribution in [-0.2, 0) is 11.3 Å². The van der Waals surface area contributed by atoms with Gasteiger partial charge in [0.15, 0.2) is 5.13 Å². The number of fused-ring (bicyclic) bond motifs is 1. The van der Waals surface area contributed by atoms with Crippen LogP contribution in [0.25, 0.3) is 21.7 Å². The standard InChI is InChI=1S/C17H10F2N4O3S/c18-10-3-1-9(2-4-10)15-22-23(17(25)26-15)8-14(24)21-16-20-12-6-5-11(19)7-13(12)27-16/h1-7H,8H2,(H,20,21,24). The zero-order valence-corrected chi connectivity index (χ0v) is 14.3. The highest BCUT2D eigenvalue weighted by Gasteiger charge is 2.15. The lowest BCUT2D eigenvalue weighted by molar-refractivity contribution is -0.117. The molecular weight excluding hydrogens is 378 g/mol. The summed E-state index contributed by atoms with van der Waals surface area (Å²) in [5.41, 5.74) is 0.953. The second-order valence-electron chi connectivity index (χ2n) is 5.52. The van der Waals surface area contributed by atoms with E-state index in [0.29, 0.717) is 15.8 Å². The summed E-state index contributed by atoms with van der Waals surface area (Å²) in [6.07, 6.45) is 0.